The topological polar surface area (TPSA) is 83.2 Å². The predicted molar refractivity (Wildman–Crippen MR) is 108 cm³/mol. The van der Waals surface area contributed by atoms with Crippen LogP contribution < -0.4 is 10.6 Å². The molecule has 1 aromatic heterocycles. The first-order valence-corrected chi connectivity index (χ1v) is 9.65. The minimum atomic E-state index is -0.411. The Hall–Kier alpha value is -3.19. The Bertz CT molecular complexity index is 1050. The molecular formula is C22H22FN3O3. The molecule has 1 fully saturated rings. The lowest BCUT2D eigenvalue weighted by molar-refractivity contribution is -0.118. The molecule has 3 aromatic rings. The third kappa shape index (κ3) is 4.00. The summed E-state index contributed by atoms with van der Waals surface area (Å²) in [4.78, 5) is 27.8. The molecule has 1 aliphatic heterocycles. The van der Waals surface area contributed by atoms with Crippen molar-refractivity contribution in [2.75, 3.05) is 18.5 Å². The second kappa shape index (κ2) is 8.05. The van der Waals surface area contributed by atoms with Crippen molar-refractivity contribution in [2.24, 2.45) is 0 Å². The summed E-state index contributed by atoms with van der Waals surface area (Å²) in [6, 6.07) is 13.0. The van der Waals surface area contributed by atoms with Crippen LogP contribution in [0.2, 0.25) is 0 Å². The van der Waals surface area contributed by atoms with Crippen LogP contribution in [0.1, 0.15) is 35.3 Å². The fourth-order valence-corrected chi connectivity index (χ4v) is 3.80. The van der Waals surface area contributed by atoms with Crippen molar-refractivity contribution in [3.8, 4) is 0 Å². The average Bonchev–Trinajstić information content (AvgIpc) is 3.35. The number of benzene rings is 2. The molecule has 29 heavy (non-hydrogen) atoms. The number of nitrogens with one attached hydrogen (secondary N) is 3. The smallest absolute Gasteiger partial charge is 0.354 e. The molecule has 4 rings (SSSR count). The van der Waals surface area contributed by atoms with Gasteiger partial charge in [-0.05, 0) is 61.9 Å². The number of fused-ring (bicyclic) bond motifs is 1. The summed E-state index contributed by atoms with van der Waals surface area (Å²) in [5.74, 6) is -0.853. The quantitative estimate of drug-likeness (QED) is 0.577. The first-order valence-electron chi connectivity index (χ1n) is 9.65. The second-order valence-electron chi connectivity index (χ2n) is 7.07. The standard InChI is InChI=1S/C22H22FN3O3/c1-2-29-22(28)19-12-14-11-16(7-8-18(14)26-19)25-21(27)20-17(9-10-24-20)13-3-5-15(23)6-4-13/h3-8,11-12,17,20,24,26H,2,9-10H2,1H3,(H,25,27)/t17-,20-/m0/s1. The van der Waals surface area contributed by atoms with Crippen LogP contribution in [0.3, 0.4) is 0 Å². The Labute approximate surface area is 167 Å². The zero-order chi connectivity index (χ0) is 20.4. The third-order valence-electron chi connectivity index (χ3n) is 5.19. The molecule has 0 bridgehead atoms. The molecule has 1 saturated heterocycles. The largest absolute Gasteiger partial charge is 0.461 e. The number of esters is 1. The zero-order valence-electron chi connectivity index (χ0n) is 16.0. The second-order valence-corrected chi connectivity index (χ2v) is 7.07. The van der Waals surface area contributed by atoms with Gasteiger partial charge in [-0.3, -0.25) is 4.79 Å². The summed E-state index contributed by atoms with van der Waals surface area (Å²) in [5, 5.41) is 6.99. The first kappa shape index (κ1) is 19.1. The molecule has 1 amide bonds. The molecule has 2 heterocycles. The van der Waals surface area contributed by atoms with Crippen molar-refractivity contribution in [3.05, 3.63) is 65.6 Å². The van der Waals surface area contributed by atoms with Gasteiger partial charge < -0.3 is 20.4 Å². The Morgan fingerprint density at radius 2 is 1.97 bits per heavy atom. The molecule has 2 aromatic carbocycles. The van der Waals surface area contributed by atoms with Gasteiger partial charge in [0.05, 0.1) is 12.6 Å². The fourth-order valence-electron chi connectivity index (χ4n) is 3.80. The fraction of sp³-hybridized carbons (Fsp3) is 0.273. The summed E-state index contributed by atoms with van der Waals surface area (Å²) in [6.07, 6.45) is 0.809. The van der Waals surface area contributed by atoms with Gasteiger partial charge in [0.25, 0.3) is 0 Å². The first-order chi connectivity index (χ1) is 14.0. The molecule has 3 N–H and O–H groups in total. The number of aromatic nitrogens is 1. The number of hydrogen-bond acceptors (Lipinski definition) is 4. The average molecular weight is 395 g/mol. The van der Waals surface area contributed by atoms with E-state index < -0.39 is 12.0 Å². The Kier molecular flexibility index (Phi) is 5.31. The maximum atomic E-state index is 13.2. The summed E-state index contributed by atoms with van der Waals surface area (Å²) in [5.41, 5.74) is 2.74. The Morgan fingerprint density at radius 3 is 2.72 bits per heavy atom. The van der Waals surface area contributed by atoms with Crippen LogP contribution in [-0.2, 0) is 9.53 Å². The lowest BCUT2D eigenvalue weighted by Crippen LogP contribution is -2.39. The van der Waals surface area contributed by atoms with E-state index in [9.17, 15) is 14.0 Å². The van der Waals surface area contributed by atoms with Gasteiger partial charge in [-0.1, -0.05) is 12.1 Å². The summed E-state index contributed by atoms with van der Waals surface area (Å²) in [7, 11) is 0. The number of hydrogen-bond donors (Lipinski definition) is 3. The number of amides is 1. The minimum Gasteiger partial charge on any atom is -0.461 e. The number of carbonyl (C=O) groups excluding carboxylic acids is 2. The molecule has 0 saturated carbocycles. The van der Waals surface area contributed by atoms with Crippen molar-refractivity contribution >= 4 is 28.5 Å². The maximum absolute atomic E-state index is 13.2. The molecule has 6 nitrogen and oxygen atoms in total. The SMILES string of the molecule is CCOC(=O)c1cc2cc(NC(=O)[C@H]3NCC[C@H]3c3ccc(F)cc3)ccc2[nH]1. The van der Waals surface area contributed by atoms with E-state index in [-0.39, 0.29) is 17.6 Å². The van der Waals surface area contributed by atoms with Gasteiger partial charge in [0.15, 0.2) is 0 Å². The lowest BCUT2D eigenvalue weighted by Gasteiger charge is -2.19. The van der Waals surface area contributed by atoms with E-state index in [0.717, 1.165) is 29.4 Å². The van der Waals surface area contributed by atoms with Crippen molar-refractivity contribution in [1.29, 1.82) is 0 Å². The van der Waals surface area contributed by atoms with Crippen LogP contribution in [0, 0.1) is 5.82 Å². The van der Waals surface area contributed by atoms with Gasteiger partial charge in [0.1, 0.15) is 11.5 Å². The highest BCUT2D eigenvalue weighted by molar-refractivity contribution is 5.99. The summed E-state index contributed by atoms with van der Waals surface area (Å²) < 4.78 is 18.2. The Balaban J connectivity index is 1.50. The molecule has 1 aliphatic rings. The molecule has 2 atom stereocenters. The summed E-state index contributed by atoms with van der Waals surface area (Å²) >= 11 is 0. The number of anilines is 1. The number of rotatable bonds is 5. The van der Waals surface area contributed by atoms with Crippen molar-refractivity contribution < 1.29 is 18.7 Å². The van der Waals surface area contributed by atoms with Gasteiger partial charge in [0.2, 0.25) is 5.91 Å². The molecule has 0 unspecified atom stereocenters. The van der Waals surface area contributed by atoms with Crippen LogP contribution >= 0.6 is 0 Å². The van der Waals surface area contributed by atoms with Gasteiger partial charge in [0, 0.05) is 22.5 Å². The Morgan fingerprint density at radius 1 is 1.17 bits per heavy atom. The van der Waals surface area contributed by atoms with Gasteiger partial charge in [-0.2, -0.15) is 0 Å². The van der Waals surface area contributed by atoms with E-state index >= 15 is 0 Å². The number of ether oxygens (including phenoxy) is 1. The van der Waals surface area contributed by atoms with E-state index in [1.807, 2.05) is 12.1 Å². The van der Waals surface area contributed by atoms with Gasteiger partial charge in [-0.15, -0.1) is 0 Å². The normalized spacial score (nSPS) is 18.7. The van der Waals surface area contributed by atoms with Crippen LogP contribution in [0.25, 0.3) is 10.9 Å². The molecule has 7 heteroatoms. The van der Waals surface area contributed by atoms with Crippen LogP contribution in [-0.4, -0.2) is 36.1 Å². The monoisotopic (exact) mass is 395 g/mol. The highest BCUT2D eigenvalue weighted by Crippen LogP contribution is 2.29. The van der Waals surface area contributed by atoms with Crippen LogP contribution in [0.5, 0.6) is 0 Å². The minimum absolute atomic E-state index is 0.0120. The maximum Gasteiger partial charge on any atom is 0.354 e. The van der Waals surface area contributed by atoms with E-state index in [2.05, 4.69) is 15.6 Å². The molecule has 0 radical (unpaired) electrons. The van der Waals surface area contributed by atoms with Gasteiger partial charge in [-0.25, -0.2) is 9.18 Å². The highest BCUT2D eigenvalue weighted by atomic mass is 19.1. The number of aromatic amines is 1. The summed E-state index contributed by atoms with van der Waals surface area (Å²) in [6.45, 7) is 2.78. The third-order valence-corrected chi connectivity index (χ3v) is 5.19. The predicted octanol–water partition coefficient (Wildman–Crippen LogP) is 3.57. The molecule has 0 aliphatic carbocycles. The molecule has 150 valence electrons. The number of carbonyl (C=O) groups is 2. The van der Waals surface area contributed by atoms with E-state index in [1.54, 1.807) is 31.2 Å². The van der Waals surface area contributed by atoms with E-state index in [4.69, 9.17) is 4.74 Å². The van der Waals surface area contributed by atoms with Crippen LogP contribution in [0.15, 0.2) is 48.5 Å². The number of H-pyrrole nitrogens is 1. The van der Waals surface area contributed by atoms with Crippen molar-refractivity contribution in [1.82, 2.24) is 10.3 Å². The zero-order valence-corrected chi connectivity index (χ0v) is 16.0. The van der Waals surface area contributed by atoms with E-state index in [1.165, 1.54) is 12.1 Å². The van der Waals surface area contributed by atoms with Crippen LogP contribution in [0.4, 0.5) is 10.1 Å². The van der Waals surface area contributed by atoms with Crippen molar-refractivity contribution in [3.63, 3.8) is 0 Å². The van der Waals surface area contributed by atoms with Gasteiger partial charge >= 0.3 is 5.97 Å². The molecule has 0 spiro atoms. The number of halogens is 1. The van der Waals surface area contributed by atoms with E-state index in [0.29, 0.717) is 18.0 Å². The lowest BCUT2D eigenvalue weighted by atomic mass is 9.91. The van der Waals surface area contributed by atoms with Crippen molar-refractivity contribution in [2.45, 2.75) is 25.3 Å². The molecular weight excluding hydrogens is 373 g/mol. The highest BCUT2D eigenvalue weighted by Gasteiger charge is 2.33.